The molecule has 2 aliphatic rings. The fourth-order valence-electron chi connectivity index (χ4n) is 4.34. The molecule has 0 bridgehead atoms. The van der Waals surface area contributed by atoms with E-state index in [1.54, 1.807) is 0 Å². The van der Waals surface area contributed by atoms with Crippen molar-refractivity contribution in [1.29, 1.82) is 0 Å². The maximum absolute atomic E-state index is 12.4. The van der Waals surface area contributed by atoms with Gasteiger partial charge in [0.05, 0.1) is 5.25 Å². The van der Waals surface area contributed by atoms with Gasteiger partial charge in [-0.2, -0.15) is 0 Å². The van der Waals surface area contributed by atoms with Crippen LogP contribution in [0.5, 0.6) is 0 Å². The Morgan fingerprint density at radius 1 is 1.12 bits per heavy atom. The van der Waals surface area contributed by atoms with Crippen molar-refractivity contribution in [2.45, 2.75) is 82.9 Å². The molecule has 0 saturated heterocycles. The lowest BCUT2D eigenvalue weighted by atomic mass is 9.86. The minimum absolute atomic E-state index is 0.121. The first-order chi connectivity index (χ1) is 12.5. The molecule has 5 heteroatoms. The Kier molecular flexibility index (Phi) is 6.62. The van der Waals surface area contributed by atoms with Crippen LogP contribution in [0.2, 0.25) is 0 Å². The summed E-state index contributed by atoms with van der Waals surface area (Å²) in [6.45, 7) is 4.84. The molecular formula is C21H34N2O2S. The van der Waals surface area contributed by atoms with Crippen molar-refractivity contribution in [1.82, 2.24) is 4.72 Å². The van der Waals surface area contributed by atoms with Crippen molar-refractivity contribution >= 4 is 15.7 Å². The number of fused-ring (bicyclic) bond motifs is 1. The van der Waals surface area contributed by atoms with Crippen molar-refractivity contribution in [3.8, 4) is 0 Å². The SMILES string of the molecule is CCCC(C)S(=O)(=O)NC1CCC(CNc2ccc3c(c2)CCC3)CC1. The third kappa shape index (κ3) is 5.01. The van der Waals surface area contributed by atoms with Crippen LogP contribution >= 0.6 is 0 Å². The molecule has 1 aromatic rings. The molecule has 3 rings (SSSR count). The summed E-state index contributed by atoms with van der Waals surface area (Å²) in [5, 5.41) is 3.32. The summed E-state index contributed by atoms with van der Waals surface area (Å²) in [7, 11) is -3.17. The lowest BCUT2D eigenvalue weighted by molar-refractivity contribution is 0.323. The molecule has 1 atom stereocenters. The number of rotatable bonds is 8. The second kappa shape index (κ2) is 8.75. The highest BCUT2D eigenvalue weighted by atomic mass is 32.2. The molecule has 2 aliphatic carbocycles. The molecule has 0 radical (unpaired) electrons. The summed E-state index contributed by atoms with van der Waals surface area (Å²) < 4.78 is 27.7. The summed E-state index contributed by atoms with van der Waals surface area (Å²) in [6, 6.07) is 6.92. The average Bonchev–Trinajstić information content (AvgIpc) is 3.09. The number of hydrogen-bond acceptors (Lipinski definition) is 3. The van der Waals surface area contributed by atoms with Gasteiger partial charge in [0.2, 0.25) is 10.0 Å². The highest BCUT2D eigenvalue weighted by Crippen LogP contribution is 2.28. The molecule has 0 heterocycles. The topological polar surface area (TPSA) is 58.2 Å². The van der Waals surface area contributed by atoms with Crippen LogP contribution in [0.1, 0.15) is 69.9 Å². The van der Waals surface area contributed by atoms with Crippen molar-refractivity contribution in [2.75, 3.05) is 11.9 Å². The van der Waals surface area contributed by atoms with Crippen LogP contribution in [-0.4, -0.2) is 26.3 Å². The molecule has 1 fully saturated rings. The second-order valence-electron chi connectivity index (χ2n) is 8.20. The molecule has 26 heavy (non-hydrogen) atoms. The molecule has 2 N–H and O–H groups in total. The number of anilines is 1. The summed E-state index contributed by atoms with van der Waals surface area (Å²) in [4.78, 5) is 0. The molecule has 146 valence electrons. The van der Waals surface area contributed by atoms with Crippen LogP contribution in [0.15, 0.2) is 18.2 Å². The van der Waals surface area contributed by atoms with E-state index in [9.17, 15) is 8.42 Å². The molecule has 1 saturated carbocycles. The van der Waals surface area contributed by atoms with Crippen molar-refractivity contribution < 1.29 is 8.42 Å². The number of hydrogen-bond donors (Lipinski definition) is 2. The number of benzene rings is 1. The maximum atomic E-state index is 12.4. The summed E-state index contributed by atoms with van der Waals surface area (Å²) >= 11 is 0. The Hall–Kier alpha value is -1.07. The van der Waals surface area contributed by atoms with Crippen LogP contribution in [0.4, 0.5) is 5.69 Å². The highest BCUT2D eigenvalue weighted by molar-refractivity contribution is 7.90. The van der Waals surface area contributed by atoms with E-state index in [1.165, 1.54) is 36.1 Å². The van der Waals surface area contributed by atoms with Crippen LogP contribution in [0.25, 0.3) is 0 Å². The Bertz CT molecular complexity index is 694. The van der Waals surface area contributed by atoms with Gasteiger partial charge in [-0.1, -0.05) is 19.4 Å². The van der Waals surface area contributed by atoms with Gasteiger partial charge in [-0.15, -0.1) is 0 Å². The third-order valence-electron chi connectivity index (χ3n) is 6.10. The molecule has 1 unspecified atom stereocenters. The van der Waals surface area contributed by atoms with E-state index < -0.39 is 10.0 Å². The summed E-state index contributed by atoms with van der Waals surface area (Å²) in [5.74, 6) is 0.636. The van der Waals surface area contributed by atoms with Crippen molar-refractivity contribution in [3.05, 3.63) is 29.3 Å². The normalized spacial score (nSPS) is 24.2. The lowest BCUT2D eigenvalue weighted by Gasteiger charge is -2.30. The largest absolute Gasteiger partial charge is 0.385 e. The number of aryl methyl sites for hydroxylation is 2. The zero-order chi connectivity index (χ0) is 18.6. The van der Waals surface area contributed by atoms with E-state index >= 15 is 0 Å². The molecule has 0 aliphatic heterocycles. The maximum Gasteiger partial charge on any atom is 0.214 e. The fourth-order valence-corrected chi connectivity index (χ4v) is 5.82. The van der Waals surface area contributed by atoms with Crippen molar-refractivity contribution in [3.63, 3.8) is 0 Å². The minimum Gasteiger partial charge on any atom is -0.385 e. The monoisotopic (exact) mass is 378 g/mol. The second-order valence-corrected chi connectivity index (χ2v) is 10.3. The van der Waals surface area contributed by atoms with E-state index in [-0.39, 0.29) is 11.3 Å². The van der Waals surface area contributed by atoms with Gasteiger partial charge >= 0.3 is 0 Å². The van der Waals surface area contributed by atoms with Gasteiger partial charge in [0.25, 0.3) is 0 Å². The molecule has 0 aromatic heterocycles. The molecule has 4 nitrogen and oxygen atoms in total. The van der Waals surface area contributed by atoms with Gasteiger partial charge in [0.1, 0.15) is 0 Å². The Morgan fingerprint density at radius 3 is 2.58 bits per heavy atom. The number of sulfonamides is 1. The Morgan fingerprint density at radius 2 is 1.85 bits per heavy atom. The van der Waals surface area contributed by atoms with Crippen LogP contribution in [0, 0.1) is 5.92 Å². The highest BCUT2D eigenvalue weighted by Gasteiger charge is 2.27. The van der Waals surface area contributed by atoms with E-state index in [1.807, 2.05) is 13.8 Å². The molecule has 0 amide bonds. The minimum atomic E-state index is -3.17. The smallest absolute Gasteiger partial charge is 0.214 e. The van der Waals surface area contributed by atoms with Crippen LogP contribution in [-0.2, 0) is 22.9 Å². The predicted molar refractivity (Wildman–Crippen MR) is 109 cm³/mol. The predicted octanol–water partition coefficient (Wildman–Crippen LogP) is 4.25. The fraction of sp³-hybridized carbons (Fsp3) is 0.714. The zero-order valence-corrected chi connectivity index (χ0v) is 17.1. The molecule has 0 spiro atoms. The van der Waals surface area contributed by atoms with Gasteiger partial charge in [-0.3, -0.25) is 0 Å². The van der Waals surface area contributed by atoms with E-state index in [2.05, 4.69) is 28.2 Å². The first-order valence-electron chi connectivity index (χ1n) is 10.3. The van der Waals surface area contributed by atoms with Gasteiger partial charge in [-0.05, 0) is 87.5 Å². The first-order valence-corrected chi connectivity index (χ1v) is 11.9. The van der Waals surface area contributed by atoms with Crippen LogP contribution in [0.3, 0.4) is 0 Å². The third-order valence-corrected chi connectivity index (χ3v) is 8.05. The van der Waals surface area contributed by atoms with E-state index in [0.717, 1.165) is 45.1 Å². The Balaban J connectivity index is 1.42. The summed E-state index contributed by atoms with van der Waals surface area (Å²) in [6.07, 6.45) is 9.46. The van der Waals surface area contributed by atoms with Gasteiger partial charge < -0.3 is 5.32 Å². The zero-order valence-electron chi connectivity index (χ0n) is 16.3. The number of nitrogens with one attached hydrogen (secondary N) is 2. The molecule has 1 aromatic carbocycles. The lowest BCUT2D eigenvalue weighted by Crippen LogP contribution is -2.42. The summed E-state index contributed by atoms with van der Waals surface area (Å²) in [5.41, 5.74) is 4.26. The van der Waals surface area contributed by atoms with Gasteiger partial charge in [0, 0.05) is 18.3 Å². The van der Waals surface area contributed by atoms with E-state index in [4.69, 9.17) is 0 Å². The van der Waals surface area contributed by atoms with Gasteiger partial charge in [0.15, 0.2) is 0 Å². The Labute approximate surface area is 159 Å². The average molecular weight is 379 g/mol. The quantitative estimate of drug-likeness (QED) is 0.711. The van der Waals surface area contributed by atoms with E-state index in [0.29, 0.717) is 5.92 Å². The standard InChI is InChI=1S/C21H34N2O2S/c1-3-5-16(2)26(24,25)23-20-11-8-17(9-12-20)15-22-21-13-10-18-6-4-7-19(18)14-21/h10,13-14,16-17,20,22-23H,3-9,11-12,15H2,1-2H3. The van der Waals surface area contributed by atoms with Gasteiger partial charge in [-0.25, -0.2) is 13.1 Å². The molecular weight excluding hydrogens is 344 g/mol. The van der Waals surface area contributed by atoms with Crippen molar-refractivity contribution in [2.24, 2.45) is 5.92 Å². The first kappa shape index (κ1) is 19.7. The van der Waals surface area contributed by atoms with Crippen LogP contribution < -0.4 is 10.0 Å².